The largest absolute Gasteiger partial charge is 0.463 e. The zero-order valence-electron chi connectivity index (χ0n) is 7.34. The number of alkyl halides is 3. The Morgan fingerprint density at radius 1 is 1.13 bits per heavy atom. The van der Waals surface area contributed by atoms with Crippen LogP contribution in [-0.4, -0.2) is 0 Å². The normalized spacial score (nSPS) is 11.9. The highest BCUT2D eigenvalue weighted by atomic mass is 19.4. The molecule has 0 fully saturated rings. The third-order valence-electron chi connectivity index (χ3n) is 1.99. The summed E-state index contributed by atoms with van der Waals surface area (Å²) in [5.41, 5.74) is -1.84. The van der Waals surface area contributed by atoms with E-state index in [1.54, 1.807) is 0 Å². The van der Waals surface area contributed by atoms with Crippen LogP contribution in [-0.2, 0) is 6.18 Å². The quantitative estimate of drug-likeness (QED) is 0.674. The van der Waals surface area contributed by atoms with E-state index in [-0.39, 0.29) is 5.39 Å². The van der Waals surface area contributed by atoms with Crippen LogP contribution < -0.4 is 5.43 Å². The van der Waals surface area contributed by atoms with Gasteiger partial charge in [-0.15, -0.1) is 0 Å². The zero-order chi connectivity index (χ0) is 11.1. The summed E-state index contributed by atoms with van der Waals surface area (Å²) in [6.07, 6.45) is -3.56. The van der Waals surface area contributed by atoms with Gasteiger partial charge in [0.05, 0.1) is 17.2 Å². The van der Waals surface area contributed by atoms with Crippen molar-refractivity contribution in [3.05, 3.63) is 46.3 Å². The number of benzene rings is 1. The Hall–Kier alpha value is -1.78. The van der Waals surface area contributed by atoms with Crippen LogP contribution in [0.3, 0.4) is 0 Å². The first-order valence-electron chi connectivity index (χ1n) is 4.08. The lowest BCUT2D eigenvalue weighted by molar-refractivity contribution is -0.136. The fourth-order valence-electron chi connectivity index (χ4n) is 1.33. The summed E-state index contributed by atoms with van der Waals surface area (Å²) in [4.78, 5) is 11.2. The van der Waals surface area contributed by atoms with Gasteiger partial charge >= 0.3 is 6.18 Å². The van der Waals surface area contributed by atoms with Crippen molar-refractivity contribution in [3.8, 4) is 0 Å². The molecule has 2 nitrogen and oxygen atoms in total. The Labute approximate surface area is 81.9 Å². The summed E-state index contributed by atoms with van der Waals surface area (Å²) < 4.78 is 42.2. The number of para-hydroxylation sites is 1. The number of rotatable bonds is 0. The Morgan fingerprint density at radius 2 is 1.87 bits per heavy atom. The van der Waals surface area contributed by atoms with E-state index < -0.39 is 22.8 Å². The summed E-state index contributed by atoms with van der Waals surface area (Å²) in [6.45, 7) is 0. The van der Waals surface area contributed by atoms with Gasteiger partial charge in [-0.2, -0.15) is 13.2 Å². The van der Waals surface area contributed by atoms with Crippen molar-refractivity contribution in [2.24, 2.45) is 0 Å². The molecule has 2 aromatic rings. The molecule has 0 saturated heterocycles. The van der Waals surface area contributed by atoms with Gasteiger partial charge in [-0.25, -0.2) is 0 Å². The second-order valence-corrected chi connectivity index (χ2v) is 2.96. The molecule has 5 heteroatoms. The zero-order valence-corrected chi connectivity index (χ0v) is 7.34. The van der Waals surface area contributed by atoms with Crippen molar-refractivity contribution in [2.75, 3.05) is 0 Å². The molecular weight excluding hydrogens is 209 g/mol. The minimum absolute atomic E-state index is 0.0627. The molecule has 78 valence electrons. The third kappa shape index (κ3) is 1.60. The van der Waals surface area contributed by atoms with Gasteiger partial charge in [-0.1, -0.05) is 6.07 Å². The molecular formula is C10H5F3O2. The molecule has 0 amide bonds. The maximum atomic E-state index is 12.5. The van der Waals surface area contributed by atoms with E-state index in [9.17, 15) is 18.0 Å². The summed E-state index contributed by atoms with van der Waals surface area (Å²) >= 11 is 0. The van der Waals surface area contributed by atoms with Crippen LogP contribution in [0.25, 0.3) is 11.0 Å². The van der Waals surface area contributed by atoms with E-state index in [2.05, 4.69) is 0 Å². The third-order valence-corrected chi connectivity index (χ3v) is 1.99. The number of fused-ring (bicyclic) bond motifs is 1. The highest BCUT2D eigenvalue weighted by molar-refractivity contribution is 5.79. The minimum Gasteiger partial charge on any atom is -0.463 e. The summed E-state index contributed by atoms with van der Waals surface area (Å²) in [5.74, 6) is 0. The molecule has 0 aliphatic heterocycles. The molecule has 15 heavy (non-hydrogen) atoms. The number of hydrogen-bond donors (Lipinski definition) is 0. The molecule has 0 aliphatic carbocycles. The van der Waals surface area contributed by atoms with Gasteiger partial charge < -0.3 is 4.42 Å². The second-order valence-electron chi connectivity index (χ2n) is 2.96. The second kappa shape index (κ2) is 3.12. The summed E-state index contributed by atoms with van der Waals surface area (Å²) in [6, 6.07) is 4.45. The van der Waals surface area contributed by atoms with Crippen molar-refractivity contribution in [1.29, 1.82) is 0 Å². The van der Waals surface area contributed by atoms with Gasteiger partial charge in [0, 0.05) is 6.07 Å². The molecule has 0 bridgehead atoms. The van der Waals surface area contributed by atoms with Crippen molar-refractivity contribution in [1.82, 2.24) is 0 Å². The van der Waals surface area contributed by atoms with Gasteiger partial charge in [0.25, 0.3) is 0 Å². The standard InChI is InChI=1S/C10H5F3O2/c11-10(12,13)7-3-1-2-6-8(14)4-5-15-9(6)7/h1-5H. The van der Waals surface area contributed by atoms with Gasteiger partial charge in [0.1, 0.15) is 5.58 Å². The average Bonchev–Trinajstić information content (AvgIpc) is 2.16. The molecule has 0 aliphatic rings. The van der Waals surface area contributed by atoms with Crippen molar-refractivity contribution in [2.45, 2.75) is 6.18 Å². The highest BCUT2D eigenvalue weighted by Crippen LogP contribution is 2.33. The molecule has 0 spiro atoms. The van der Waals surface area contributed by atoms with Crippen LogP contribution >= 0.6 is 0 Å². The van der Waals surface area contributed by atoms with Crippen LogP contribution in [0.15, 0.2) is 39.7 Å². The van der Waals surface area contributed by atoms with Crippen LogP contribution in [0.5, 0.6) is 0 Å². The number of hydrogen-bond acceptors (Lipinski definition) is 2. The van der Waals surface area contributed by atoms with Crippen LogP contribution in [0.1, 0.15) is 5.56 Å². The van der Waals surface area contributed by atoms with Crippen molar-refractivity contribution >= 4 is 11.0 Å². The Balaban J connectivity index is 2.89. The van der Waals surface area contributed by atoms with Gasteiger partial charge in [0.15, 0.2) is 5.43 Å². The first kappa shape index (κ1) is 9.76. The Kier molecular flexibility index (Phi) is 2.03. The van der Waals surface area contributed by atoms with E-state index in [1.807, 2.05) is 0 Å². The van der Waals surface area contributed by atoms with E-state index in [4.69, 9.17) is 4.42 Å². The smallest absolute Gasteiger partial charge is 0.420 e. The molecule has 2 rings (SSSR count). The Bertz CT molecular complexity index is 554. The van der Waals surface area contributed by atoms with Crippen LogP contribution in [0.4, 0.5) is 13.2 Å². The highest BCUT2D eigenvalue weighted by Gasteiger charge is 2.33. The summed E-state index contributed by atoms with van der Waals surface area (Å²) in [5, 5.41) is -0.0627. The molecule has 0 unspecified atom stereocenters. The average molecular weight is 214 g/mol. The Morgan fingerprint density at radius 3 is 2.53 bits per heavy atom. The van der Waals surface area contributed by atoms with E-state index in [0.717, 1.165) is 18.4 Å². The molecule has 0 radical (unpaired) electrons. The van der Waals surface area contributed by atoms with E-state index >= 15 is 0 Å². The fourth-order valence-corrected chi connectivity index (χ4v) is 1.33. The van der Waals surface area contributed by atoms with Gasteiger partial charge in [-0.05, 0) is 12.1 Å². The molecule has 0 N–H and O–H groups in total. The first-order valence-corrected chi connectivity index (χ1v) is 4.08. The monoisotopic (exact) mass is 214 g/mol. The molecule has 0 saturated carbocycles. The topological polar surface area (TPSA) is 30.2 Å². The maximum Gasteiger partial charge on any atom is 0.420 e. The lowest BCUT2D eigenvalue weighted by Crippen LogP contribution is -2.08. The predicted molar refractivity (Wildman–Crippen MR) is 47.5 cm³/mol. The number of halogens is 3. The minimum atomic E-state index is -4.52. The van der Waals surface area contributed by atoms with Crippen LogP contribution in [0, 0.1) is 0 Å². The van der Waals surface area contributed by atoms with Crippen molar-refractivity contribution < 1.29 is 17.6 Å². The van der Waals surface area contributed by atoms with Crippen molar-refractivity contribution in [3.63, 3.8) is 0 Å². The van der Waals surface area contributed by atoms with Gasteiger partial charge in [-0.3, -0.25) is 4.79 Å². The predicted octanol–water partition coefficient (Wildman–Crippen LogP) is 2.81. The fraction of sp³-hybridized carbons (Fsp3) is 0.100. The van der Waals surface area contributed by atoms with Crippen LogP contribution in [0.2, 0.25) is 0 Å². The molecule has 1 heterocycles. The summed E-state index contributed by atoms with van der Waals surface area (Å²) in [7, 11) is 0. The SMILES string of the molecule is O=c1ccoc2c(C(F)(F)F)cccc12. The first-order chi connectivity index (χ1) is 7.00. The van der Waals surface area contributed by atoms with Gasteiger partial charge in [0.2, 0.25) is 0 Å². The maximum absolute atomic E-state index is 12.5. The lowest BCUT2D eigenvalue weighted by atomic mass is 10.1. The molecule has 1 aromatic heterocycles. The lowest BCUT2D eigenvalue weighted by Gasteiger charge is -2.07. The van der Waals surface area contributed by atoms with E-state index in [0.29, 0.717) is 0 Å². The van der Waals surface area contributed by atoms with E-state index in [1.165, 1.54) is 12.1 Å². The molecule has 1 aromatic carbocycles. The molecule has 0 atom stereocenters.